The largest absolute Gasteiger partial charge is 0.496 e. The van der Waals surface area contributed by atoms with E-state index in [2.05, 4.69) is 5.32 Å². The number of esters is 2. The molecule has 2 aromatic carbocycles. The fourth-order valence-corrected chi connectivity index (χ4v) is 5.64. The summed E-state index contributed by atoms with van der Waals surface area (Å²) < 4.78 is 22.3. The second kappa shape index (κ2) is 10.8. The van der Waals surface area contributed by atoms with Crippen molar-refractivity contribution in [3.63, 3.8) is 0 Å². The van der Waals surface area contributed by atoms with Gasteiger partial charge in [-0.1, -0.05) is 6.07 Å². The number of aryl methyl sites for hydroxylation is 2. The minimum absolute atomic E-state index is 0.0916. The Morgan fingerprint density at radius 3 is 2.44 bits per heavy atom. The van der Waals surface area contributed by atoms with Crippen molar-refractivity contribution in [2.75, 3.05) is 24.4 Å². The summed E-state index contributed by atoms with van der Waals surface area (Å²) in [7, 11) is 3.22. The van der Waals surface area contributed by atoms with Crippen LogP contribution in [-0.2, 0) is 16.1 Å². The monoisotopic (exact) mass is 574 g/mol. The van der Waals surface area contributed by atoms with Crippen LogP contribution in [0.5, 0.6) is 11.5 Å². The molecule has 0 spiro atoms. The van der Waals surface area contributed by atoms with E-state index in [0.29, 0.717) is 38.6 Å². The number of carbonyl (C=O) groups is 3. The average Bonchev–Trinajstić information content (AvgIpc) is 3.58. The SMILES string of the molecule is COc1cc(OC(=O)c2occc2C)ccc1-c1ccc2c(c1COC(=O)c1ccc(C)s1)N(C)C(=O)C(C)(C)N2. The third-order valence-corrected chi connectivity index (χ3v) is 7.90. The molecule has 0 unspecified atom stereocenters. The van der Waals surface area contributed by atoms with Crippen molar-refractivity contribution in [1.82, 2.24) is 0 Å². The summed E-state index contributed by atoms with van der Waals surface area (Å²) in [4.78, 5) is 41.8. The van der Waals surface area contributed by atoms with Gasteiger partial charge >= 0.3 is 11.9 Å². The van der Waals surface area contributed by atoms with Gasteiger partial charge in [0.1, 0.15) is 28.5 Å². The highest BCUT2D eigenvalue weighted by atomic mass is 32.1. The van der Waals surface area contributed by atoms with E-state index >= 15 is 0 Å². The average molecular weight is 575 g/mol. The van der Waals surface area contributed by atoms with E-state index in [1.807, 2.05) is 39.0 Å². The molecule has 0 fully saturated rings. The van der Waals surface area contributed by atoms with Gasteiger partial charge in [0.2, 0.25) is 5.76 Å². The number of anilines is 2. The highest BCUT2D eigenvalue weighted by Gasteiger charge is 2.39. The molecule has 1 amide bonds. The molecule has 1 aliphatic heterocycles. The first-order chi connectivity index (χ1) is 19.5. The van der Waals surface area contributed by atoms with Crippen LogP contribution in [0, 0.1) is 13.8 Å². The number of hydrogen-bond acceptors (Lipinski definition) is 9. The van der Waals surface area contributed by atoms with E-state index in [1.165, 1.54) is 24.7 Å². The van der Waals surface area contributed by atoms with Crippen LogP contribution < -0.4 is 19.7 Å². The van der Waals surface area contributed by atoms with Gasteiger partial charge in [-0.2, -0.15) is 0 Å². The van der Waals surface area contributed by atoms with Gasteiger partial charge in [-0.25, -0.2) is 9.59 Å². The summed E-state index contributed by atoms with van der Waals surface area (Å²) in [5, 5.41) is 3.31. The van der Waals surface area contributed by atoms with Crippen LogP contribution in [0.2, 0.25) is 0 Å². The maximum Gasteiger partial charge on any atom is 0.379 e. The number of likely N-dealkylation sites (N-methyl/N-ethyl adjacent to an activating group) is 1. The van der Waals surface area contributed by atoms with Crippen molar-refractivity contribution >= 4 is 40.6 Å². The molecule has 0 aliphatic carbocycles. The van der Waals surface area contributed by atoms with Crippen LogP contribution in [-0.4, -0.2) is 37.5 Å². The first-order valence-corrected chi connectivity index (χ1v) is 13.7. The zero-order valence-electron chi connectivity index (χ0n) is 23.6. The number of ether oxygens (including phenoxy) is 3. The van der Waals surface area contributed by atoms with Gasteiger partial charge in [-0.05, 0) is 69.7 Å². The van der Waals surface area contributed by atoms with E-state index in [4.69, 9.17) is 18.6 Å². The Morgan fingerprint density at radius 2 is 1.78 bits per heavy atom. The van der Waals surface area contributed by atoms with E-state index in [-0.39, 0.29) is 24.0 Å². The van der Waals surface area contributed by atoms with Crippen molar-refractivity contribution in [1.29, 1.82) is 0 Å². The zero-order chi connectivity index (χ0) is 29.5. The van der Waals surface area contributed by atoms with Gasteiger partial charge in [0.25, 0.3) is 5.91 Å². The molecule has 9 nitrogen and oxygen atoms in total. The number of methoxy groups -OCH3 is 1. The molecule has 0 radical (unpaired) electrons. The maximum atomic E-state index is 13.2. The number of nitrogens with one attached hydrogen (secondary N) is 1. The molecule has 10 heteroatoms. The Kier molecular flexibility index (Phi) is 7.35. The lowest BCUT2D eigenvalue weighted by Gasteiger charge is -2.39. The fourth-order valence-electron chi connectivity index (χ4n) is 4.88. The molecule has 0 bridgehead atoms. The van der Waals surface area contributed by atoms with Crippen LogP contribution in [0.25, 0.3) is 11.1 Å². The van der Waals surface area contributed by atoms with E-state index in [9.17, 15) is 14.4 Å². The normalized spacial score (nSPS) is 13.8. The van der Waals surface area contributed by atoms with Gasteiger partial charge < -0.3 is 28.8 Å². The summed E-state index contributed by atoms with van der Waals surface area (Å²) in [6.45, 7) is 7.21. The smallest absolute Gasteiger partial charge is 0.379 e. The highest BCUT2D eigenvalue weighted by Crippen LogP contribution is 2.45. The number of nitrogens with zero attached hydrogens (tertiary/aromatic N) is 1. The van der Waals surface area contributed by atoms with Crippen molar-refractivity contribution < 1.29 is 33.0 Å². The number of furan rings is 1. The van der Waals surface area contributed by atoms with Crippen molar-refractivity contribution in [3.8, 4) is 22.6 Å². The maximum absolute atomic E-state index is 13.2. The quantitative estimate of drug-likeness (QED) is 0.200. The van der Waals surface area contributed by atoms with Gasteiger partial charge in [-0.15, -0.1) is 11.3 Å². The summed E-state index contributed by atoms with van der Waals surface area (Å²) in [5.74, 6) is -0.400. The fraction of sp³-hybridized carbons (Fsp3) is 0.258. The third-order valence-electron chi connectivity index (χ3n) is 6.91. The zero-order valence-corrected chi connectivity index (χ0v) is 24.4. The standard InChI is InChI=1S/C31H30N2O7S/c1-17-13-14-38-27(17)29(35)40-19-8-9-21(24(15-19)37-6)20-10-11-23-26(33(5)30(36)31(3,4)32-23)22(20)16-39-28(34)25-12-7-18(2)41-25/h7-15,32H,16H2,1-6H3. The molecule has 212 valence electrons. The lowest BCUT2D eigenvalue weighted by molar-refractivity contribution is -0.121. The molecular formula is C31H30N2O7S. The first kappa shape index (κ1) is 28.0. The van der Waals surface area contributed by atoms with Crippen LogP contribution in [0.15, 0.2) is 59.2 Å². The summed E-state index contributed by atoms with van der Waals surface area (Å²) in [6.07, 6.45) is 1.43. The molecule has 0 saturated carbocycles. The van der Waals surface area contributed by atoms with E-state index < -0.39 is 17.5 Å². The predicted octanol–water partition coefficient (Wildman–Crippen LogP) is 6.38. The molecule has 4 aromatic rings. The minimum Gasteiger partial charge on any atom is -0.496 e. The number of carbonyl (C=O) groups excluding carboxylic acids is 3. The highest BCUT2D eigenvalue weighted by molar-refractivity contribution is 7.13. The second-order valence-electron chi connectivity index (χ2n) is 10.3. The van der Waals surface area contributed by atoms with Crippen molar-refractivity contribution in [3.05, 3.63) is 81.4 Å². The second-order valence-corrected chi connectivity index (χ2v) is 11.6. The Hall–Kier alpha value is -4.57. The number of fused-ring (bicyclic) bond motifs is 1. The molecule has 5 rings (SSSR count). The molecule has 3 heterocycles. The lowest BCUT2D eigenvalue weighted by atomic mass is 9.91. The van der Waals surface area contributed by atoms with Crippen LogP contribution in [0.4, 0.5) is 11.4 Å². The molecule has 41 heavy (non-hydrogen) atoms. The number of amides is 1. The van der Waals surface area contributed by atoms with Crippen molar-refractivity contribution in [2.24, 2.45) is 0 Å². The van der Waals surface area contributed by atoms with Crippen LogP contribution >= 0.6 is 11.3 Å². The number of hydrogen-bond donors (Lipinski definition) is 1. The summed E-state index contributed by atoms with van der Waals surface area (Å²) >= 11 is 1.35. The number of benzene rings is 2. The number of thiophene rings is 1. The molecule has 2 aromatic heterocycles. The predicted molar refractivity (Wildman–Crippen MR) is 156 cm³/mol. The Balaban J connectivity index is 1.55. The van der Waals surface area contributed by atoms with Crippen LogP contribution in [0.3, 0.4) is 0 Å². The van der Waals surface area contributed by atoms with E-state index in [1.54, 1.807) is 49.2 Å². The summed E-state index contributed by atoms with van der Waals surface area (Å²) in [6, 6.07) is 14.1. The Bertz CT molecular complexity index is 1670. The van der Waals surface area contributed by atoms with Gasteiger partial charge in [-0.3, -0.25) is 4.79 Å². The van der Waals surface area contributed by atoms with Crippen molar-refractivity contribution in [2.45, 2.75) is 39.8 Å². The third kappa shape index (κ3) is 5.30. The number of rotatable bonds is 7. The van der Waals surface area contributed by atoms with E-state index in [0.717, 1.165) is 10.6 Å². The summed E-state index contributed by atoms with van der Waals surface area (Å²) in [5.41, 5.74) is 3.16. The Labute approximate surface area is 241 Å². The molecule has 0 atom stereocenters. The van der Waals surface area contributed by atoms with Crippen LogP contribution in [0.1, 0.15) is 50.1 Å². The first-order valence-electron chi connectivity index (χ1n) is 12.9. The van der Waals surface area contributed by atoms with Gasteiger partial charge in [0, 0.05) is 34.7 Å². The molecule has 1 aliphatic rings. The lowest BCUT2D eigenvalue weighted by Crippen LogP contribution is -2.52. The minimum atomic E-state index is -0.818. The Morgan fingerprint density at radius 1 is 1.02 bits per heavy atom. The van der Waals surface area contributed by atoms with Gasteiger partial charge in [0.15, 0.2) is 0 Å². The topological polar surface area (TPSA) is 107 Å². The van der Waals surface area contributed by atoms with Gasteiger partial charge in [0.05, 0.1) is 24.7 Å². The molecule has 0 saturated heterocycles. The molecular weight excluding hydrogens is 544 g/mol. The molecule has 1 N–H and O–H groups in total.